The number of amides is 1. The minimum absolute atomic E-state index is 0.0129. The summed E-state index contributed by atoms with van der Waals surface area (Å²) < 4.78 is 55.4. The van der Waals surface area contributed by atoms with E-state index in [2.05, 4.69) is 36.2 Å². The van der Waals surface area contributed by atoms with Crippen molar-refractivity contribution in [3.05, 3.63) is 53.6 Å². The zero-order valence-corrected chi connectivity index (χ0v) is 24.2. The number of ether oxygens (including phenoxy) is 3. The molecule has 1 amide bonds. The Labute approximate surface area is 253 Å². The van der Waals surface area contributed by atoms with E-state index in [9.17, 15) is 18.0 Å². The quantitative estimate of drug-likeness (QED) is 0.312. The SMILES string of the molecule is O=C(NCC1CCCN1)c1ccc2cc1OCCCCCCOc1ccc(cc1)CNc1nc(nc(OCC(F)(F)F)n1)N2. The second-order valence-electron chi connectivity index (χ2n) is 10.6. The molecule has 2 aromatic carbocycles. The van der Waals surface area contributed by atoms with E-state index in [0.29, 0.717) is 43.3 Å². The molecule has 1 atom stereocenters. The number of nitrogens with zero attached hydrogens (tertiary/aromatic N) is 3. The number of fused-ring (bicyclic) bond motifs is 10. The van der Waals surface area contributed by atoms with Gasteiger partial charge in [-0.05, 0) is 74.9 Å². The lowest BCUT2D eigenvalue weighted by atomic mass is 10.1. The lowest BCUT2D eigenvalue weighted by Crippen LogP contribution is -2.37. The van der Waals surface area contributed by atoms with Crippen molar-refractivity contribution in [2.24, 2.45) is 0 Å². The third-order valence-electron chi connectivity index (χ3n) is 7.07. The van der Waals surface area contributed by atoms with Crippen molar-refractivity contribution in [1.82, 2.24) is 25.6 Å². The molecule has 236 valence electrons. The van der Waals surface area contributed by atoms with Crippen molar-refractivity contribution in [2.75, 3.05) is 43.5 Å². The van der Waals surface area contributed by atoms with Crippen LogP contribution < -0.4 is 35.5 Å². The lowest BCUT2D eigenvalue weighted by Gasteiger charge is -2.16. The normalized spacial score (nSPS) is 17.7. The monoisotopic (exact) mass is 615 g/mol. The first-order valence-electron chi connectivity index (χ1n) is 14.8. The number of benzene rings is 2. The first kappa shape index (κ1) is 31.1. The van der Waals surface area contributed by atoms with Crippen molar-refractivity contribution < 1.29 is 32.2 Å². The average molecular weight is 616 g/mol. The van der Waals surface area contributed by atoms with Gasteiger partial charge in [-0.1, -0.05) is 12.1 Å². The number of hydrogen-bond donors (Lipinski definition) is 4. The number of nitrogens with one attached hydrogen (secondary N) is 4. The van der Waals surface area contributed by atoms with Crippen LogP contribution in [0.2, 0.25) is 0 Å². The predicted octanol–water partition coefficient (Wildman–Crippen LogP) is 4.98. The van der Waals surface area contributed by atoms with E-state index in [4.69, 9.17) is 14.2 Å². The smallest absolute Gasteiger partial charge is 0.422 e. The Bertz CT molecular complexity index is 1390. The molecule has 0 radical (unpaired) electrons. The van der Waals surface area contributed by atoms with Gasteiger partial charge in [0.2, 0.25) is 11.9 Å². The summed E-state index contributed by atoms with van der Waals surface area (Å²) in [5.74, 6) is 0.808. The number of halogens is 3. The minimum Gasteiger partial charge on any atom is -0.494 e. The summed E-state index contributed by atoms with van der Waals surface area (Å²) in [6, 6.07) is 12.1. The number of alkyl halides is 3. The van der Waals surface area contributed by atoms with Gasteiger partial charge >= 0.3 is 12.2 Å². The summed E-state index contributed by atoms with van der Waals surface area (Å²) in [6.07, 6.45) is 1.07. The van der Waals surface area contributed by atoms with Crippen LogP contribution in [0.1, 0.15) is 54.4 Å². The lowest BCUT2D eigenvalue weighted by molar-refractivity contribution is -0.154. The van der Waals surface area contributed by atoms with Crippen molar-refractivity contribution in [1.29, 1.82) is 0 Å². The highest BCUT2D eigenvalue weighted by molar-refractivity contribution is 5.97. The number of anilines is 3. The summed E-state index contributed by atoms with van der Waals surface area (Å²) in [5, 5.41) is 12.3. The third kappa shape index (κ3) is 9.59. The molecule has 11 nitrogen and oxygen atoms in total. The van der Waals surface area contributed by atoms with Crippen LogP contribution >= 0.6 is 0 Å². The molecule has 1 fully saturated rings. The van der Waals surface area contributed by atoms with Crippen molar-refractivity contribution in [3.63, 3.8) is 0 Å². The van der Waals surface area contributed by atoms with Crippen LogP contribution in [0.15, 0.2) is 42.5 Å². The molecule has 0 saturated carbocycles. The summed E-state index contributed by atoms with van der Waals surface area (Å²) in [4.78, 5) is 25.5. The number of hydrogen-bond acceptors (Lipinski definition) is 10. The Morgan fingerprint density at radius 3 is 2.48 bits per heavy atom. The van der Waals surface area contributed by atoms with Gasteiger partial charge < -0.3 is 35.5 Å². The summed E-state index contributed by atoms with van der Waals surface area (Å²) in [6.45, 7) is 1.15. The second kappa shape index (κ2) is 14.9. The molecule has 4 heterocycles. The van der Waals surface area contributed by atoms with Crippen LogP contribution in [0.3, 0.4) is 0 Å². The Hall–Kier alpha value is -4.33. The van der Waals surface area contributed by atoms with Crippen molar-refractivity contribution >= 4 is 23.5 Å². The largest absolute Gasteiger partial charge is 0.494 e. The molecule has 6 bridgehead atoms. The molecule has 1 aromatic heterocycles. The van der Waals surface area contributed by atoms with Gasteiger partial charge in [0.05, 0.1) is 18.8 Å². The number of aromatic nitrogens is 3. The first-order valence-corrected chi connectivity index (χ1v) is 14.8. The van der Waals surface area contributed by atoms with Gasteiger partial charge in [0.25, 0.3) is 5.91 Å². The van der Waals surface area contributed by atoms with E-state index < -0.39 is 18.8 Å². The highest BCUT2D eigenvalue weighted by atomic mass is 19.4. The van der Waals surface area contributed by atoms with Gasteiger partial charge in [-0.25, -0.2) is 0 Å². The van der Waals surface area contributed by atoms with Crippen LogP contribution in [0.25, 0.3) is 0 Å². The van der Waals surface area contributed by atoms with Gasteiger partial charge in [0.1, 0.15) is 11.5 Å². The van der Waals surface area contributed by atoms with E-state index in [-0.39, 0.29) is 23.8 Å². The first-order chi connectivity index (χ1) is 21.3. The fourth-order valence-corrected chi connectivity index (χ4v) is 4.80. The number of rotatable bonds is 5. The molecule has 4 N–H and O–H groups in total. The number of carbonyl (C=O) groups is 1. The van der Waals surface area contributed by atoms with Crippen LogP contribution in [0, 0.1) is 0 Å². The van der Waals surface area contributed by atoms with E-state index in [0.717, 1.165) is 56.4 Å². The Kier molecular flexibility index (Phi) is 10.5. The van der Waals surface area contributed by atoms with Crippen LogP contribution in [-0.2, 0) is 6.54 Å². The van der Waals surface area contributed by atoms with Gasteiger partial charge in [0, 0.05) is 30.9 Å². The molecule has 1 unspecified atom stereocenters. The molecular formula is C30H36F3N7O4. The van der Waals surface area contributed by atoms with Gasteiger partial charge in [0.15, 0.2) is 6.61 Å². The predicted molar refractivity (Wildman–Crippen MR) is 158 cm³/mol. The van der Waals surface area contributed by atoms with Crippen LogP contribution in [0.4, 0.5) is 30.8 Å². The zero-order valence-electron chi connectivity index (χ0n) is 24.2. The highest BCUT2D eigenvalue weighted by Crippen LogP contribution is 2.27. The van der Waals surface area contributed by atoms with Crippen molar-refractivity contribution in [3.8, 4) is 17.5 Å². The van der Waals surface area contributed by atoms with E-state index in [1.807, 2.05) is 24.3 Å². The number of carbonyl (C=O) groups excluding carboxylic acids is 1. The maximum absolute atomic E-state index is 13.1. The van der Waals surface area contributed by atoms with Gasteiger partial charge in [-0.2, -0.15) is 28.1 Å². The van der Waals surface area contributed by atoms with Crippen LogP contribution in [0.5, 0.6) is 17.5 Å². The van der Waals surface area contributed by atoms with E-state index in [1.54, 1.807) is 18.2 Å². The topological polar surface area (TPSA) is 132 Å². The molecular weight excluding hydrogens is 579 g/mol. The van der Waals surface area contributed by atoms with E-state index >= 15 is 0 Å². The molecule has 3 aliphatic rings. The minimum atomic E-state index is -4.57. The summed E-state index contributed by atoms with van der Waals surface area (Å²) in [5.41, 5.74) is 1.72. The molecule has 44 heavy (non-hydrogen) atoms. The Morgan fingerprint density at radius 1 is 0.955 bits per heavy atom. The fraction of sp³-hybridized carbons (Fsp3) is 0.467. The molecule has 6 rings (SSSR count). The maximum atomic E-state index is 13.1. The highest BCUT2D eigenvalue weighted by Gasteiger charge is 2.29. The van der Waals surface area contributed by atoms with E-state index in [1.165, 1.54) is 0 Å². The second-order valence-corrected chi connectivity index (χ2v) is 10.6. The molecule has 3 aromatic rings. The van der Waals surface area contributed by atoms with Crippen LogP contribution in [-0.4, -0.2) is 66.0 Å². The molecule has 14 heteroatoms. The summed E-state index contributed by atoms with van der Waals surface area (Å²) in [7, 11) is 0. The third-order valence-corrected chi connectivity index (χ3v) is 7.07. The molecule has 0 spiro atoms. The van der Waals surface area contributed by atoms with Gasteiger partial charge in [-0.15, -0.1) is 0 Å². The van der Waals surface area contributed by atoms with Gasteiger partial charge in [-0.3, -0.25) is 4.79 Å². The standard InChI is InChI=1S/C30H36F3N7O4/c31-30(32,33)19-44-29-39-27-36-17-20-7-10-23(11-8-20)42-14-3-1-2-4-15-43-25-16-21(37-28(38-27)40-29)9-12-24(25)26(41)35-18-22-6-5-13-34-22/h7-12,16,22,34H,1-6,13-15,17-19H2,(H,35,41)(H2,36,37,38,39,40). The van der Waals surface area contributed by atoms with Crippen molar-refractivity contribution in [2.45, 2.75) is 57.3 Å². The zero-order chi connectivity index (χ0) is 30.8. The average Bonchev–Trinajstić information content (AvgIpc) is 3.53. The fourth-order valence-electron chi connectivity index (χ4n) is 4.80. The maximum Gasteiger partial charge on any atom is 0.422 e. The Morgan fingerprint density at radius 2 is 1.73 bits per heavy atom. The summed E-state index contributed by atoms with van der Waals surface area (Å²) >= 11 is 0. The molecule has 3 aliphatic heterocycles. The Balaban J connectivity index is 1.39. The molecule has 0 aliphatic carbocycles. The molecule has 1 saturated heterocycles.